The molecule has 1 aromatic carbocycles. The highest BCUT2D eigenvalue weighted by molar-refractivity contribution is 7.87. The predicted octanol–water partition coefficient (Wildman–Crippen LogP) is 2.34. The summed E-state index contributed by atoms with van der Waals surface area (Å²) in [5.41, 5.74) is 6.75. The zero-order chi connectivity index (χ0) is 23.5. The molecular weight excluding hydrogens is 449 g/mol. The van der Waals surface area contributed by atoms with Gasteiger partial charge in [0, 0.05) is 17.8 Å². The second-order valence-corrected chi connectivity index (χ2v) is 8.01. The zero-order valence-corrected chi connectivity index (χ0v) is 17.5. The van der Waals surface area contributed by atoms with Gasteiger partial charge in [0.15, 0.2) is 0 Å². The largest absolute Gasteiger partial charge is 0.476 e. The minimum absolute atomic E-state index is 0.0844. The molecule has 13 heteroatoms. The molecular formula is C19H19F3N6O3S. The molecule has 2 heterocycles. The molecule has 0 aliphatic rings. The van der Waals surface area contributed by atoms with Gasteiger partial charge < -0.3 is 10.5 Å². The number of hydrogen-bond acceptors (Lipinski definition) is 7. The van der Waals surface area contributed by atoms with Gasteiger partial charge in [0.2, 0.25) is 11.8 Å². The Labute approximate surface area is 181 Å². The molecule has 0 fully saturated rings. The highest BCUT2D eigenvalue weighted by Crippen LogP contribution is 2.39. The van der Waals surface area contributed by atoms with Crippen molar-refractivity contribution in [2.24, 2.45) is 5.14 Å². The fourth-order valence-electron chi connectivity index (χ4n) is 2.92. The first-order chi connectivity index (χ1) is 15.0. The summed E-state index contributed by atoms with van der Waals surface area (Å²) >= 11 is 0. The molecule has 0 saturated carbocycles. The summed E-state index contributed by atoms with van der Waals surface area (Å²) in [5, 5.41) is 4.89. The number of nitrogen functional groups attached to an aromatic ring is 1. The Hall–Kier alpha value is -3.29. The molecule has 0 saturated heterocycles. The number of benzene rings is 1. The van der Waals surface area contributed by atoms with Gasteiger partial charge in [0.1, 0.15) is 18.1 Å². The number of aromatic nitrogens is 3. The number of hydrogen-bond donors (Lipinski definition) is 3. The SMILES string of the molecule is Cc1cc(-c2c(OCCNS(N)(=O)=O)nc(N)nc2-c2ccc(F)cc2)cc(C(F)F)n1. The summed E-state index contributed by atoms with van der Waals surface area (Å²) in [6.07, 6.45) is -2.83. The lowest BCUT2D eigenvalue weighted by molar-refractivity contribution is 0.146. The van der Waals surface area contributed by atoms with Crippen LogP contribution in [0.2, 0.25) is 0 Å². The number of pyridine rings is 1. The lowest BCUT2D eigenvalue weighted by Gasteiger charge is -2.16. The summed E-state index contributed by atoms with van der Waals surface area (Å²) in [6, 6.07) is 7.98. The second-order valence-electron chi connectivity index (χ2n) is 6.63. The van der Waals surface area contributed by atoms with E-state index in [-0.39, 0.29) is 41.8 Å². The topological polar surface area (TPSA) is 146 Å². The molecule has 170 valence electrons. The molecule has 0 atom stereocenters. The highest BCUT2D eigenvalue weighted by atomic mass is 32.2. The van der Waals surface area contributed by atoms with Crippen LogP contribution in [0.4, 0.5) is 19.1 Å². The molecule has 0 unspecified atom stereocenters. The average molecular weight is 468 g/mol. The van der Waals surface area contributed by atoms with Crippen LogP contribution in [0.15, 0.2) is 36.4 Å². The second kappa shape index (κ2) is 9.46. The standard InChI is InChI=1S/C19H19F3N6O3S/c1-10-8-12(9-14(26-10)17(21)22)15-16(11-2-4-13(20)5-3-11)27-19(23)28-18(15)31-7-6-25-32(24,29)30/h2-5,8-9,17,25H,6-7H2,1H3,(H2,23,27,28)(H2,24,29,30). The molecule has 0 aliphatic carbocycles. The van der Waals surface area contributed by atoms with Gasteiger partial charge in [-0.3, -0.25) is 4.98 Å². The van der Waals surface area contributed by atoms with E-state index in [0.717, 1.165) is 6.07 Å². The van der Waals surface area contributed by atoms with Crippen LogP contribution in [0, 0.1) is 12.7 Å². The molecule has 3 rings (SSSR count). The van der Waals surface area contributed by atoms with Crippen molar-refractivity contribution in [3.8, 4) is 28.3 Å². The zero-order valence-electron chi connectivity index (χ0n) is 16.7. The monoisotopic (exact) mass is 468 g/mol. The van der Waals surface area contributed by atoms with E-state index in [0.29, 0.717) is 11.3 Å². The van der Waals surface area contributed by atoms with Crippen molar-refractivity contribution < 1.29 is 26.3 Å². The molecule has 0 radical (unpaired) electrons. The highest BCUT2D eigenvalue weighted by Gasteiger charge is 2.21. The van der Waals surface area contributed by atoms with Crippen LogP contribution in [0.3, 0.4) is 0 Å². The molecule has 5 N–H and O–H groups in total. The van der Waals surface area contributed by atoms with Crippen LogP contribution in [-0.2, 0) is 10.2 Å². The van der Waals surface area contributed by atoms with Gasteiger partial charge in [-0.05, 0) is 48.9 Å². The first-order valence-corrected chi connectivity index (χ1v) is 10.7. The lowest BCUT2D eigenvalue weighted by Crippen LogP contribution is -2.34. The first kappa shape index (κ1) is 23.4. The van der Waals surface area contributed by atoms with Crippen molar-refractivity contribution in [3.05, 3.63) is 53.6 Å². The number of rotatable bonds is 8. The van der Waals surface area contributed by atoms with Gasteiger partial charge in [0.05, 0.1) is 11.3 Å². The molecule has 0 amide bonds. The Morgan fingerprint density at radius 3 is 2.41 bits per heavy atom. The van der Waals surface area contributed by atoms with E-state index in [1.54, 1.807) is 6.92 Å². The van der Waals surface area contributed by atoms with E-state index < -0.39 is 28.1 Å². The van der Waals surface area contributed by atoms with E-state index >= 15 is 0 Å². The van der Waals surface area contributed by atoms with E-state index in [2.05, 4.69) is 19.7 Å². The van der Waals surface area contributed by atoms with E-state index in [9.17, 15) is 21.6 Å². The third-order valence-electron chi connectivity index (χ3n) is 4.14. The summed E-state index contributed by atoms with van der Waals surface area (Å²) in [5.74, 6) is -0.760. The number of aryl methyl sites for hydroxylation is 1. The average Bonchev–Trinajstić information content (AvgIpc) is 2.70. The summed E-state index contributed by atoms with van der Waals surface area (Å²) < 4.78 is 69.9. The lowest BCUT2D eigenvalue weighted by atomic mass is 9.99. The Morgan fingerprint density at radius 2 is 1.78 bits per heavy atom. The van der Waals surface area contributed by atoms with Crippen LogP contribution in [0.25, 0.3) is 22.4 Å². The number of nitrogens with zero attached hydrogens (tertiary/aromatic N) is 3. The van der Waals surface area contributed by atoms with Crippen molar-refractivity contribution in [1.29, 1.82) is 0 Å². The van der Waals surface area contributed by atoms with Crippen molar-refractivity contribution in [3.63, 3.8) is 0 Å². The maximum absolute atomic E-state index is 13.4. The predicted molar refractivity (Wildman–Crippen MR) is 111 cm³/mol. The maximum Gasteiger partial charge on any atom is 0.280 e. The van der Waals surface area contributed by atoms with Crippen molar-refractivity contribution in [1.82, 2.24) is 19.7 Å². The van der Waals surface area contributed by atoms with Gasteiger partial charge in [0.25, 0.3) is 16.6 Å². The van der Waals surface area contributed by atoms with Gasteiger partial charge in [-0.25, -0.2) is 23.3 Å². The van der Waals surface area contributed by atoms with Crippen molar-refractivity contribution in [2.45, 2.75) is 13.3 Å². The molecule has 0 bridgehead atoms. The van der Waals surface area contributed by atoms with Gasteiger partial charge in [-0.15, -0.1) is 0 Å². The Bertz CT molecular complexity index is 1220. The minimum Gasteiger partial charge on any atom is -0.476 e. The normalized spacial score (nSPS) is 11.7. The number of nitrogens with two attached hydrogens (primary N) is 2. The number of anilines is 1. The fraction of sp³-hybridized carbons (Fsp3) is 0.211. The molecule has 9 nitrogen and oxygen atoms in total. The van der Waals surface area contributed by atoms with Gasteiger partial charge in [-0.2, -0.15) is 18.1 Å². The maximum atomic E-state index is 13.4. The third kappa shape index (κ3) is 5.90. The number of alkyl halides is 2. The smallest absolute Gasteiger partial charge is 0.280 e. The van der Waals surface area contributed by atoms with Gasteiger partial charge >= 0.3 is 0 Å². The number of ether oxygens (including phenoxy) is 1. The molecule has 32 heavy (non-hydrogen) atoms. The van der Waals surface area contributed by atoms with Crippen LogP contribution in [-0.4, -0.2) is 36.5 Å². The summed E-state index contributed by atoms with van der Waals surface area (Å²) in [7, 11) is -3.94. The fourth-order valence-corrected chi connectivity index (χ4v) is 3.29. The summed E-state index contributed by atoms with van der Waals surface area (Å²) in [6.45, 7) is 1.15. The number of nitrogens with one attached hydrogen (secondary N) is 1. The summed E-state index contributed by atoms with van der Waals surface area (Å²) in [4.78, 5) is 12.1. The third-order valence-corrected chi connectivity index (χ3v) is 4.75. The van der Waals surface area contributed by atoms with Gasteiger partial charge in [-0.1, -0.05) is 0 Å². The van der Waals surface area contributed by atoms with Crippen molar-refractivity contribution in [2.75, 3.05) is 18.9 Å². The molecule has 2 aromatic heterocycles. The quantitative estimate of drug-likeness (QED) is 0.430. The molecule has 0 spiro atoms. The Balaban J connectivity index is 2.15. The molecule has 0 aliphatic heterocycles. The van der Waals surface area contributed by atoms with E-state index in [1.165, 1.54) is 30.3 Å². The van der Waals surface area contributed by atoms with E-state index in [1.807, 2.05) is 0 Å². The van der Waals surface area contributed by atoms with E-state index in [4.69, 9.17) is 15.6 Å². The van der Waals surface area contributed by atoms with Crippen LogP contribution < -0.4 is 20.3 Å². The first-order valence-electron chi connectivity index (χ1n) is 9.14. The van der Waals surface area contributed by atoms with Crippen LogP contribution >= 0.6 is 0 Å². The number of halogens is 3. The van der Waals surface area contributed by atoms with Crippen molar-refractivity contribution >= 4 is 16.2 Å². The van der Waals surface area contributed by atoms with Crippen LogP contribution in [0.5, 0.6) is 5.88 Å². The molecule has 3 aromatic rings. The minimum atomic E-state index is -3.94. The van der Waals surface area contributed by atoms with Crippen LogP contribution in [0.1, 0.15) is 17.8 Å². The Kier molecular flexibility index (Phi) is 6.91. The Morgan fingerprint density at radius 1 is 1.09 bits per heavy atom.